The van der Waals surface area contributed by atoms with Gasteiger partial charge in [-0.2, -0.15) is 5.10 Å². The van der Waals surface area contributed by atoms with Gasteiger partial charge in [0, 0.05) is 16.6 Å². The Kier molecular flexibility index (Phi) is 2.21. The molecule has 0 bridgehead atoms. The molecule has 0 aliphatic heterocycles. The summed E-state index contributed by atoms with van der Waals surface area (Å²) in [6.07, 6.45) is 3.50. The standard InChI is InChI=1S/C16H15N3/c1-10-14-12-8-5-9-13(12)15(17-16(14)19-18-10)11-6-3-2-4-7-11/h2-4,6-7H,5,8-9H2,1H3,(H,17,18,19). The number of pyridine rings is 1. The number of nitrogens with one attached hydrogen (secondary N) is 1. The Morgan fingerprint density at radius 2 is 1.84 bits per heavy atom. The number of rotatable bonds is 1. The Hall–Kier alpha value is -2.16. The van der Waals surface area contributed by atoms with Crippen LogP contribution in [0.3, 0.4) is 0 Å². The van der Waals surface area contributed by atoms with E-state index in [4.69, 9.17) is 4.98 Å². The molecule has 0 spiro atoms. The van der Waals surface area contributed by atoms with Gasteiger partial charge in [-0.1, -0.05) is 30.3 Å². The summed E-state index contributed by atoms with van der Waals surface area (Å²) in [5.41, 5.74) is 7.19. The third kappa shape index (κ3) is 1.51. The summed E-state index contributed by atoms with van der Waals surface area (Å²) in [6.45, 7) is 2.08. The first kappa shape index (κ1) is 10.7. The number of hydrogen-bond acceptors (Lipinski definition) is 2. The molecule has 0 amide bonds. The Balaban J connectivity index is 2.08. The number of H-pyrrole nitrogens is 1. The van der Waals surface area contributed by atoms with E-state index in [2.05, 4.69) is 41.4 Å². The van der Waals surface area contributed by atoms with Crippen molar-refractivity contribution in [2.24, 2.45) is 0 Å². The van der Waals surface area contributed by atoms with Gasteiger partial charge in [0.15, 0.2) is 5.65 Å². The van der Waals surface area contributed by atoms with Crippen LogP contribution in [0, 0.1) is 6.92 Å². The summed E-state index contributed by atoms with van der Waals surface area (Å²) in [6, 6.07) is 10.4. The average molecular weight is 249 g/mol. The quantitative estimate of drug-likeness (QED) is 0.718. The lowest BCUT2D eigenvalue weighted by atomic mass is 10.00. The molecule has 0 fully saturated rings. The third-order valence-corrected chi connectivity index (χ3v) is 4.00. The number of aryl methyl sites for hydroxylation is 2. The first-order valence-electron chi connectivity index (χ1n) is 6.76. The second-order valence-corrected chi connectivity index (χ2v) is 5.18. The van der Waals surface area contributed by atoms with Crippen LogP contribution >= 0.6 is 0 Å². The minimum atomic E-state index is 0.858. The van der Waals surface area contributed by atoms with Gasteiger partial charge in [0.25, 0.3) is 0 Å². The van der Waals surface area contributed by atoms with Crippen molar-refractivity contribution in [3.63, 3.8) is 0 Å². The van der Waals surface area contributed by atoms with Gasteiger partial charge in [0.2, 0.25) is 0 Å². The number of aromatic amines is 1. The van der Waals surface area contributed by atoms with Gasteiger partial charge < -0.3 is 0 Å². The number of benzene rings is 1. The molecule has 0 atom stereocenters. The van der Waals surface area contributed by atoms with Crippen molar-refractivity contribution >= 4 is 11.0 Å². The van der Waals surface area contributed by atoms with Gasteiger partial charge in [0.1, 0.15) is 0 Å². The van der Waals surface area contributed by atoms with Gasteiger partial charge in [-0.05, 0) is 37.3 Å². The van der Waals surface area contributed by atoms with Gasteiger partial charge in [-0.15, -0.1) is 0 Å². The zero-order chi connectivity index (χ0) is 12.8. The fraction of sp³-hybridized carbons (Fsp3) is 0.250. The summed E-state index contributed by atoms with van der Waals surface area (Å²) in [7, 11) is 0. The van der Waals surface area contributed by atoms with E-state index >= 15 is 0 Å². The second-order valence-electron chi connectivity index (χ2n) is 5.18. The lowest BCUT2D eigenvalue weighted by molar-refractivity contribution is 0.912. The van der Waals surface area contributed by atoms with Crippen LogP contribution in [0.25, 0.3) is 22.3 Å². The molecule has 0 saturated carbocycles. The van der Waals surface area contributed by atoms with Crippen LogP contribution in [0.4, 0.5) is 0 Å². The SMILES string of the molecule is Cc1[nH]nc2nc(-c3ccccc3)c3c(c12)CCC3. The molecule has 1 aliphatic carbocycles. The van der Waals surface area contributed by atoms with Crippen molar-refractivity contribution < 1.29 is 0 Å². The monoisotopic (exact) mass is 249 g/mol. The van der Waals surface area contributed by atoms with E-state index in [0.29, 0.717) is 0 Å². The topological polar surface area (TPSA) is 41.6 Å². The Bertz CT molecular complexity index is 757. The lowest BCUT2D eigenvalue weighted by Crippen LogP contribution is -1.95. The van der Waals surface area contributed by atoms with Crippen LogP contribution in [0.5, 0.6) is 0 Å². The van der Waals surface area contributed by atoms with E-state index in [0.717, 1.165) is 29.9 Å². The Labute approximate surface area is 111 Å². The molecule has 3 heteroatoms. The van der Waals surface area contributed by atoms with Crippen LogP contribution in [0.15, 0.2) is 30.3 Å². The largest absolute Gasteiger partial charge is 0.280 e. The molecule has 3 nitrogen and oxygen atoms in total. The van der Waals surface area contributed by atoms with E-state index in [1.54, 1.807) is 0 Å². The summed E-state index contributed by atoms with van der Waals surface area (Å²) in [5.74, 6) is 0. The smallest absolute Gasteiger partial charge is 0.182 e. The summed E-state index contributed by atoms with van der Waals surface area (Å²) in [4.78, 5) is 4.80. The third-order valence-electron chi connectivity index (χ3n) is 4.00. The van der Waals surface area contributed by atoms with Crippen molar-refractivity contribution in [2.45, 2.75) is 26.2 Å². The molecule has 1 aromatic carbocycles. The highest BCUT2D eigenvalue weighted by atomic mass is 15.1. The van der Waals surface area contributed by atoms with Crippen LogP contribution in [0.2, 0.25) is 0 Å². The molecule has 19 heavy (non-hydrogen) atoms. The molecular formula is C16H15N3. The van der Waals surface area contributed by atoms with Crippen LogP contribution in [-0.2, 0) is 12.8 Å². The molecule has 1 aliphatic rings. The highest BCUT2D eigenvalue weighted by Gasteiger charge is 2.22. The molecule has 0 radical (unpaired) electrons. The first-order chi connectivity index (χ1) is 9.34. The van der Waals surface area contributed by atoms with Crippen molar-refractivity contribution in [1.29, 1.82) is 0 Å². The fourth-order valence-electron chi connectivity index (χ4n) is 3.15. The molecule has 2 aromatic heterocycles. The van der Waals surface area contributed by atoms with Crippen LogP contribution < -0.4 is 0 Å². The van der Waals surface area contributed by atoms with Crippen molar-refractivity contribution in [3.8, 4) is 11.3 Å². The highest BCUT2D eigenvalue weighted by Crippen LogP contribution is 2.36. The minimum absolute atomic E-state index is 0.858. The average Bonchev–Trinajstić information content (AvgIpc) is 3.05. The maximum atomic E-state index is 4.80. The predicted octanol–water partition coefficient (Wildman–Crippen LogP) is 3.42. The van der Waals surface area contributed by atoms with Gasteiger partial charge in [-0.25, -0.2) is 4.98 Å². The molecular weight excluding hydrogens is 234 g/mol. The minimum Gasteiger partial charge on any atom is -0.280 e. The number of aromatic nitrogens is 3. The number of hydrogen-bond donors (Lipinski definition) is 1. The summed E-state index contributed by atoms with van der Waals surface area (Å²) < 4.78 is 0. The Morgan fingerprint density at radius 1 is 1.05 bits per heavy atom. The maximum absolute atomic E-state index is 4.80. The van der Waals surface area contributed by atoms with E-state index in [1.807, 2.05) is 6.07 Å². The molecule has 0 saturated heterocycles. The summed E-state index contributed by atoms with van der Waals surface area (Å²) in [5, 5.41) is 8.66. The second kappa shape index (κ2) is 3.92. The highest BCUT2D eigenvalue weighted by molar-refractivity contribution is 5.87. The van der Waals surface area contributed by atoms with E-state index in [1.165, 1.54) is 28.5 Å². The molecule has 1 N–H and O–H groups in total. The zero-order valence-electron chi connectivity index (χ0n) is 10.9. The fourth-order valence-corrected chi connectivity index (χ4v) is 3.15. The van der Waals surface area contributed by atoms with E-state index in [9.17, 15) is 0 Å². The summed E-state index contributed by atoms with van der Waals surface area (Å²) >= 11 is 0. The normalized spacial score (nSPS) is 13.9. The van der Waals surface area contributed by atoms with Crippen LogP contribution in [0.1, 0.15) is 23.2 Å². The van der Waals surface area contributed by atoms with Gasteiger partial charge in [0.05, 0.1) is 5.69 Å². The molecule has 0 unspecified atom stereocenters. The number of nitrogens with zero attached hydrogens (tertiary/aromatic N) is 2. The molecule has 3 aromatic rings. The van der Waals surface area contributed by atoms with Crippen molar-refractivity contribution in [3.05, 3.63) is 47.2 Å². The van der Waals surface area contributed by atoms with Gasteiger partial charge >= 0.3 is 0 Å². The molecule has 4 rings (SSSR count). The molecule has 94 valence electrons. The number of fused-ring (bicyclic) bond motifs is 3. The first-order valence-corrected chi connectivity index (χ1v) is 6.76. The zero-order valence-corrected chi connectivity index (χ0v) is 10.9. The van der Waals surface area contributed by atoms with Crippen LogP contribution in [-0.4, -0.2) is 15.2 Å². The van der Waals surface area contributed by atoms with E-state index < -0.39 is 0 Å². The molecule has 2 heterocycles. The van der Waals surface area contributed by atoms with E-state index in [-0.39, 0.29) is 0 Å². The van der Waals surface area contributed by atoms with Crippen molar-refractivity contribution in [1.82, 2.24) is 15.2 Å². The lowest BCUT2D eigenvalue weighted by Gasteiger charge is -2.09. The Morgan fingerprint density at radius 3 is 2.68 bits per heavy atom. The van der Waals surface area contributed by atoms with Gasteiger partial charge in [-0.3, -0.25) is 5.10 Å². The predicted molar refractivity (Wildman–Crippen MR) is 76.1 cm³/mol. The maximum Gasteiger partial charge on any atom is 0.182 e. The van der Waals surface area contributed by atoms with Crippen molar-refractivity contribution in [2.75, 3.05) is 0 Å².